The molecule has 0 fully saturated rings. The van der Waals surface area contributed by atoms with Crippen molar-refractivity contribution >= 4 is 11.9 Å². The van der Waals surface area contributed by atoms with Crippen LogP contribution in [-0.2, 0) is 9.59 Å². The molecule has 0 heterocycles. The van der Waals surface area contributed by atoms with Crippen molar-refractivity contribution in [2.75, 3.05) is 0 Å². The Bertz CT molecular complexity index is 358. The lowest BCUT2D eigenvalue weighted by molar-refractivity contribution is -0.148. The molecule has 0 amide bonds. The van der Waals surface area contributed by atoms with E-state index in [-0.39, 0.29) is 6.42 Å². The molecule has 1 atom stereocenters. The first kappa shape index (κ1) is 20.4. The Morgan fingerprint density at radius 2 is 1.36 bits per heavy atom. The van der Waals surface area contributed by atoms with E-state index < -0.39 is 17.9 Å². The van der Waals surface area contributed by atoms with Crippen molar-refractivity contribution in [3.05, 3.63) is 24.3 Å². The molecule has 22 heavy (non-hydrogen) atoms. The topological polar surface area (TPSA) is 74.6 Å². The fourth-order valence-electron chi connectivity index (χ4n) is 2.13. The summed E-state index contributed by atoms with van der Waals surface area (Å²) in [4.78, 5) is 21.4. The van der Waals surface area contributed by atoms with Crippen LogP contribution < -0.4 is 0 Å². The standard InChI is InChI=1S/C18H30O4/c1-2-3-4-5-6-7-8-9-10-11-12-13-14-16(18(21)22)15-17(19)20/h6-7,12-13,16H,2-5,8-11,14-15H2,1H3,(H,19,20)(H,21,22)/b7-6+,13-12+. The SMILES string of the molecule is CCCCC/C=C/CCCC/C=C/CC(CC(=O)O)C(=O)O. The molecule has 0 saturated heterocycles. The van der Waals surface area contributed by atoms with Gasteiger partial charge < -0.3 is 10.2 Å². The fourth-order valence-corrected chi connectivity index (χ4v) is 2.13. The summed E-state index contributed by atoms with van der Waals surface area (Å²) in [6, 6.07) is 0. The molecular formula is C18H30O4. The Kier molecular flexibility index (Phi) is 13.3. The maximum atomic E-state index is 10.9. The minimum atomic E-state index is -1.06. The fraction of sp³-hybridized carbons (Fsp3) is 0.667. The number of aliphatic carboxylic acids is 2. The first-order chi connectivity index (χ1) is 10.6. The smallest absolute Gasteiger partial charge is 0.307 e. The summed E-state index contributed by atoms with van der Waals surface area (Å²) in [5, 5.41) is 17.5. The zero-order chi connectivity index (χ0) is 16.6. The van der Waals surface area contributed by atoms with Gasteiger partial charge in [-0.05, 0) is 44.9 Å². The van der Waals surface area contributed by atoms with Gasteiger partial charge in [0.1, 0.15) is 0 Å². The number of hydrogen-bond acceptors (Lipinski definition) is 2. The van der Waals surface area contributed by atoms with Crippen LogP contribution in [0.1, 0.15) is 71.1 Å². The van der Waals surface area contributed by atoms with Gasteiger partial charge in [-0.25, -0.2) is 0 Å². The first-order valence-electron chi connectivity index (χ1n) is 8.32. The normalized spacial score (nSPS) is 13.0. The Morgan fingerprint density at radius 3 is 1.82 bits per heavy atom. The summed E-state index contributed by atoms with van der Waals surface area (Å²) in [5.74, 6) is -2.92. The van der Waals surface area contributed by atoms with Crippen LogP contribution in [0.15, 0.2) is 24.3 Å². The van der Waals surface area contributed by atoms with Gasteiger partial charge in [0.2, 0.25) is 0 Å². The van der Waals surface area contributed by atoms with Crippen molar-refractivity contribution in [1.29, 1.82) is 0 Å². The zero-order valence-corrected chi connectivity index (χ0v) is 13.7. The van der Waals surface area contributed by atoms with Crippen molar-refractivity contribution in [3.63, 3.8) is 0 Å². The Balaban J connectivity index is 3.61. The molecule has 0 aromatic carbocycles. The highest BCUT2D eigenvalue weighted by molar-refractivity contribution is 5.77. The van der Waals surface area contributed by atoms with E-state index in [1.165, 1.54) is 25.7 Å². The second kappa shape index (κ2) is 14.4. The van der Waals surface area contributed by atoms with Crippen molar-refractivity contribution in [1.82, 2.24) is 0 Å². The van der Waals surface area contributed by atoms with Crippen LogP contribution in [0.3, 0.4) is 0 Å². The average Bonchev–Trinajstić information content (AvgIpc) is 2.46. The number of carboxylic acids is 2. The van der Waals surface area contributed by atoms with Gasteiger partial charge in [-0.2, -0.15) is 0 Å². The van der Waals surface area contributed by atoms with E-state index in [0.29, 0.717) is 6.42 Å². The molecule has 0 spiro atoms. The van der Waals surface area contributed by atoms with E-state index >= 15 is 0 Å². The number of unbranched alkanes of at least 4 members (excludes halogenated alkanes) is 6. The lowest BCUT2D eigenvalue weighted by Crippen LogP contribution is -2.16. The maximum absolute atomic E-state index is 10.9. The third kappa shape index (κ3) is 13.4. The first-order valence-corrected chi connectivity index (χ1v) is 8.32. The molecule has 4 heteroatoms. The maximum Gasteiger partial charge on any atom is 0.307 e. The second-order valence-electron chi connectivity index (χ2n) is 5.59. The molecule has 0 aromatic heterocycles. The molecule has 2 N–H and O–H groups in total. The highest BCUT2D eigenvalue weighted by atomic mass is 16.4. The van der Waals surface area contributed by atoms with Crippen molar-refractivity contribution in [2.24, 2.45) is 5.92 Å². The van der Waals surface area contributed by atoms with Gasteiger partial charge in [-0.15, -0.1) is 0 Å². The third-order valence-electron chi connectivity index (χ3n) is 3.49. The van der Waals surface area contributed by atoms with Crippen LogP contribution in [0.5, 0.6) is 0 Å². The van der Waals surface area contributed by atoms with Crippen molar-refractivity contribution in [3.8, 4) is 0 Å². The predicted octanol–water partition coefficient (Wildman–Crippen LogP) is 4.81. The molecule has 126 valence electrons. The van der Waals surface area contributed by atoms with Gasteiger partial charge in [-0.1, -0.05) is 44.1 Å². The van der Waals surface area contributed by atoms with Crippen LogP contribution in [0.4, 0.5) is 0 Å². The second-order valence-corrected chi connectivity index (χ2v) is 5.59. The van der Waals surface area contributed by atoms with Crippen LogP contribution in [0.2, 0.25) is 0 Å². The minimum absolute atomic E-state index is 0.291. The monoisotopic (exact) mass is 310 g/mol. The van der Waals surface area contributed by atoms with Gasteiger partial charge in [0.05, 0.1) is 12.3 Å². The minimum Gasteiger partial charge on any atom is -0.481 e. The van der Waals surface area contributed by atoms with Crippen molar-refractivity contribution < 1.29 is 19.8 Å². The molecule has 0 aliphatic rings. The van der Waals surface area contributed by atoms with Gasteiger partial charge >= 0.3 is 11.9 Å². The van der Waals surface area contributed by atoms with Gasteiger partial charge in [0.15, 0.2) is 0 Å². The van der Waals surface area contributed by atoms with Gasteiger partial charge in [0.25, 0.3) is 0 Å². The summed E-state index contributed by atoms with van der Waals surface area (Å²) in [6.07, 6.45) is 17.5. The Labute approximate surface area is 133 Å². The van der Waals surface area contributed by atoms with Crippen LogP contribution in [-0.4, -0.2) is 22.2 Å². The highest BCUT2D eigenvalue weighted by Crippen LogP contribution is 2.11. The third-order valence-corrected chi connectivity index (χ3v) is 3.49. The molecule has 0 aliphatic carbocycles. The van der Waals surface area contributed by atoms with Crippen LogP contribution in [0, 0.1) is 5.92 Å². The summed E-state index contributed by atoms with van der Waals surface area (Å²) in [6.45, 7) is 2.21. The lowest BCUT2D eigenvalue weighted by atomic mass is 10.0. The molecule has 1 unspecified atom stereocenters. The number of rotatable bonds is 14. The zero-order valence-electron chi connectivity index (χ0n) is 13.7. The molecule has 0 bridgehead atoms. The average molecular weight is 310 g/mol. The van der Waals surface area contributed by atoms with Crippen LogP contribution in [0.25, 0.3) is 0 Å². The Hall–Kier alpha value is -1.58. The highest BCUT2D eigenvalue weighted by Gasteiger charge is 2.18. The molecule has 0 radical (unpaired) electrons. The van der Waals surface area contributed by atoms with E-state index in [1.807, 2.05) is 6.08 Å². The molecule has 0 aromatic rings. The number of carbonyl (C=O) groups is 2. The lowest BCUT2D eigenvalue weighted by Gasteiger charge is -2.05. The predicted molar refractivity (Wildman–Crippen MR) is 88.9 cm³/mol. The van der Waals surface area contributed by atoms with Crippen LogP contribution >= 0.6 is 0 Å². The van der Waals surface area contributed by atoms with Crippen molar-refractivity contribution in [2.45, 2.75) is 71.1 Å². The number of allylic oxidation sites excluding steroid dienone is 4. The molecule has 0 aliphatic heterocycles. The van der Waals surface area contributed by atoms with Gasteiger partial charge in [-0.3, -0.25) is 9.59 Å². The number of carboxylic acid groups (broad SMARTS) is 2. The molecular weight excluding hydrogens is 280 g/mol. The van der Waals surface area contributed by atoms with E-state index in [1.54, 1.807) is 6.08 Å². The largest absolute Gasteiger partial charge is 0.481 e. The molecule has 4 nitrogen and oxygen atoms in total. The molecule has 0 saturated carbocycles. The van der Waals surface area contributed by atoms with E-state index in [0.717, 1.165) is 25.7 Å². The molecule has 0 rings (SSSR count). The summed E-state index contributed by atoms with van der Waals surface area (Å²) >= 11 is 0. The summed E-state index contributed by atoms with van der Waals surface area (Å²) < 4.78 is 0. The van der Waals surface area contributed by atoms with E-state index in [2.05, 4.69) is 19.1 Å². The Morgan fingerprint density at radius 1 is 0.864 bits per heavy atom. The quantitative estimate of drug-likeness (QED) is 0.357. The summed E-state index contributed by atoms with van der Waals surface area (Å²) in [7, 11) is 0. The summed E-state index contributed by atoms with van der Waals surface area (Å²) in [5.41, 5.74) is 0. The van der Waals surface area contributed by atoms with Gasteiger partial charge in [0, 0.05) is 0 Å². The number of hydrogen-bond donors (Lipinski definition) is 2. The van der Waals surface area contributed by atoms with E-state index in [4.69, 9.17) is 10.2 Å². The van der Waals surface area contributed by atoms with E-state index in [9.17, 15) is 9.59 Å².